The fraction of sp³-hybridized carbons (Fsp3) is 0.955. The highest BCUT2D eigenvalue weighted by Gasteiger charge is 2.30. The normalized spacial score (nSPS) is 30.6. The van der Waals surface area contributed by atoms with Crippen molar-refractivity contribution in [2.45, 2.75) is 89.6 Å². The molecule has 0 aromatic carbocycles. The molecule has 1 saturated carbocycles. The number of hydrogen-bond acceptors (Lipinski definition) is 5. The maximum Gasteiger partial charge on any atom is 0.234 e. The van der Waals surface area contributed by atoms with Gasteiger partial charge in [-0.25, -0.2) is 0 Å². The Labute approximate surface area is 171 Å². The Morgan fingerprint density at radius 1 is 1.07 bits per heavy atom. The average Bonchev–Trinajstić information content (AvgIpc) is 3.08. The summed E-state index contributed by atoms with van der Waals surface area (Å²) < 4.78 is 11.8. The minimum atomic E-state index is 0.160. The first-order valence-electron chi connectivity index (χ1n) is 11.6. The lowest BCUT2D eigenvalue weighted by Gasteiger charge is -2.38. The first-order valence-corrected chi connectivity index (χ1v) is 11.6. The number of carbonyl (C=O) groups excluding carboxylic acids is 1. The number of morpholine rings is 1. The third-order valence-electron chi connectivity index (χ3n) is 6.36. The third kappa shape index (κ3) is 7.29. The molecule has 3 fully saturated rings. The van der Waals surface area contributed by atoms with E-state index in [0.29, 0.717) is 30.9 Å². The van der Waals surface area contributed by atoms with Crippen LogP contribution in [-0.2, 0) is 14.3 Å². The van der Waals surface area contributed by atoms with E-state index in [-0.39, 0.29) is 5.91 Å². The zero-order chi connectivity index (χ0) is 19.8. The summed E-state index contributed by atoms with van der Waals surface area (Å²) in [5.41, 5.74) is 0. The monoisotopic (exact) mass is 395 g/mol. The zero-order valence-electron chi connectivity index (χ0n) is 18.0. The Bertz CT molecular complexity index is 460. The molecule has 1 amide bonds. The molecule has 2 aliphatic heterocycles. The highest BCUT2D eigenvalue weighted by Crippen LogP contribution is 2.21. The molecule has 3 rings (SSSR count). The number of rotatable bonds is 9. The van der Waals surface area contributed by atoms with Crippen molar-refractivity contribution in [3.05, 3.63) is 0 Å². The van der Waals surface area contributed by atoms with Gasteiger partial charge in [0.1, 0.15) is 0 Å². The van der Waals surface area contributed by atoms with Gasteiger partial charge in [0.2, 0.25) is 5.91 Å². The van der Waals surface area contributed by atoms with Crippen LogP contribution in [0.2, 0.25) is 0 Å². The molecule has 0 bridgehead atoms. The van der Waals surface area contributed by atoms with Crippen LogP contribution >= 0.6 is 0 Å². The molecule has 0 spiro atoms. The summed E-state index contributed by atoms with van der Waals surface area (Å²) in [6.07, 6.45) is 10.8. The standard InChI is InChI=1S/C22H41N3O3/c1-18-14-24(15-19(2)28-18)16-20-8-6-12-25(20)17-22(26)23-11-7-13-27-21-9-4-3-5-10-21/h18-21H,3-17H2,1-2H3,(H,23,26). The van der Waals surface area contributed by atoms with E-state index in [2.05, 4.69) is 29.0 Å². The molecule has 2 saturated heterocycles. The molecule has 3 aliphatic rings. The number of carbonyl (C=O) groups is 1. The van der Waals surface area contributed by atoms with Crippen LogP contribution in [-0.4, -0.2) is 85.9 Å². The summed E-state index contributed by atoms with van der Waals surface area (Å²) in [5.74, 6) is 0.160. The van der Waals surface area contributed by atoms with Gasteiger partial charge >= 0.3 is 0 Å². The van der Waals surface area contributed by atoms with Gasteiger partial charge < -0.3 is 14.8 Å². The first-order chi connectivity index (χ1) is 13.6. The van der Waals surface area contributed by atoms with Crippen LogP contribution in [0.3, 0.4) is 0 Å². The predicted octanol–water partition coefficient (Wildman–Crippen LogP) is 2.42. The number of hydrogen-bond donors (Lipinski definition) is 1. The Hall–Kier alpha value is -0.690. The Morgan fingerprint density at radius 2 is 1.82 bits per heavy atom. The van der Waals surface area contributed by atoms with Crippen molar-refractivity contribution in [2.75, 3.05) is 45.9 Å². The second-order valence-corrected chi connectivity index (χ2v) is 9.08. The fourth-order valence-electron chi connectivity index (χ4n) is 5.06. The number of likely N-dealkylation sites (tertiary alicyclic amines) is 1. The minimum absolute atomic E-state index is 0.160. The maximum atomic E-state index is 12.4. The lowest BCUT2D eigenvalue weighted by Crippen LogP contribution is -2.51. The zero-order valence-corrected chi connectivity index (χ0v) is 18.0. The molecule has 3 atom stereocenters. The molecule has 0 radical (unpaired) electrons. The molecule has 0 aromatic heterocycles. The molecule has 0 aromatic rings. The highest BCUT2D eigenvalue weighted by atomic mass is 16.5. The molecule has 28 heavy (non-hydrogen) atoms. The summed E-state index contributed by atoms with van der Waals surface area (Å²) in [6.45, 7) is 10.4. The second kappa shape index (κ2) is 11.5. The molecular weight excluding hydrogens is 354 g/mol. The van der Waals surface area contributed by atoms with Crippen LogP contribution in [0.5, 0.6) is 0 Å². The fourth-order valence-corrected chi connectivity index (χ4v) is 5.06. The molecular formula is C22H41N3O3. The van der Waals surface area contributed by atoms with E-state index in [1.54, 1.807) is 0 Å². The number of nitrogens with one attached hydrogen (secondary N) is 1. The molecule has 2 heterocycles. The Morgan fingerprint density at radius 3 is 2.57 bits per heavy atom. The van der Waals surface area contributed by atoms with Crippen LogP contribution < -0.4 is 5.32 Å². The van der Waals surface area contributed by atoms with E-state index in [9.17, 15) is 4.79 Å². The summed E-state index contributed by atoms with van der Waals surface area (Å²) in [5, 5.41) is 3.09. The van der Waals surface area contributed by atoms with Gasteiger partial charge in [-0.1, -0.05) is 19.3 Å². The molecule has 6 heteroatoms. The van der Waals surface area contributed by atoms with Crippen LogP contribution in [0.1, 0.15) is 65.2 Å². The van der Waals surface area contributed by atoms with Gasteiger partial charge in [-0.05, 0) is 52.5 Å². The van der Waals surface area contributed by atoms with Gasteiger partial charge in [0.25, 0.3) is 0 Å². The van der Waals surface area contributed by atoms with Crippen molar-refractivity contribution in [3.8, 4) is 0 Å². The van der Waals surface area contributed by atoms with E-state index in [0.717, 1.165) is 45.8 Å². The van der Waals surface area contributed by atoms with Crippen molar-refractivity contribution in [1.29, 1.82) is 0 Å². The van der Waals surface area contributed by atoms with Gasteiger partial charge in [-0.3, -0.25) is 14.6 Å². The average molecular weight is 396 g/mol. The Kier molecular flexibility index (Phi) is 9.03. The molecule has 1 N–H and O–H groups in total. The summed E-state index contributed by atoms with van der Waals surface area (Å²) in [6, 6.07) is 0.498. The van der Waals surface area contributed by atoms with Gasteiger partial charge in [0, 0.05) is 38.8 Å². The SMILES string of the molecule is CC1CN(CC2CCCN2CC(=O)NCCCOC2CCCCC2)CC(C)O1. The van der Waals surface area contributed by atoms with Gasteiger partial charge in [0.05, 0.1) is 24.9 Å². The van der Waals surface area contributed by atoms with Crippen LogP contribution in [0.15, 0.2) is 0 Å². The van der Waals surface area contributed by atoms with Crippen molar-refractivity contribution in [3.63, 3.8) is 0 Å². The Balaban J connectivity index is 1.29. The third-order valence-corrected chi connectivity index (χ3v) is 6.36. The molecule has 162 valence electrons. The molecule has 6 nitrogen and oxygen atoms in total. The van der Waals surface area contributed by atoms with E-state index in [4.69, 9.17) is 9.47 Å². The summed E-state index contributed by atoms with van der Waals surface area (Å²) in [7, 11) is 0. The first kappa shape index (κ1) is 22.0. The minimum Gasteiger partial charge on any atom is -0.378 e. The molecule has 3 unspecified atom stereocenters. The van der Waals surface area contributed by atoms with E-state index in [1.807, 2.05) is 0 Å². The predicted molar refractivity (Wildman–Crippen MR) is 111 cm³/mol. The van der Waals surface area contributed by atoms with E-state index >= 15 is 0 Å². The van der Waals surface area contributed by atoms with Crippen LogP contribution in [0, 0.1) is 0 Å². The van der Waals surface area contributed by atoms with Crippen molar-refractivity contribution in [2.24, 2.45) is 0 Å². The highest BCUT2D eigenvalue weighted by molar-refractivity contribution is 5.78. The lowest BCUT2D eigenvalue weighted by molar-refractivity contribution is -0.122. The molecule has 1 aliphatic carbocycles. The quantitative estimate of drug-likeness (QED) is 0.608. The van der Waals surface area contributed by atoms with Gasteiger partial charge in [-0.15, -0.1) is 0 Å². The van der Waals surface area contributed by atoms with Gasteiger partial charge in [0.15, 0.2) is 0 Å². The smallest absolute Gasteiger partial charge is 0.234 e. The summed E-state index contributed by atoms with van der Waals surface area (Å²) in [4.78, 5) is 17.3. The van der Waals surface area contributed by atoms with Gasteiger partial charge in [-0.2, -0.15) is 0 Å². The lowest BCUT2D eigenvalue weighted by atomic mass is 9.98. The van der Waals surface area contributed by atoms with Crippen molar-refractivity contribution in [1.82, 2.24) is 15.1 Å². The second-order valence-electron chi connectivity index (χ2n) is 9.08. The number of ether oxygens (including phenoxy) is 2. The topological polar surface area (TPSA) is 54.0 Å². The van der Waals surface area contributed by atoms with E-state index < -0.39 is 0 Å². The van der Waals surface area contributed by atoms with E-state index in [1.165, 1.54) is 44.9 Å². The maximum absolute atomic E-state index is 12.4. The van der Waals surface area contributed by atoms with Crippen LogP contribution in [0.25, 0.3) is 0 Å². The largest absolute Gasteiger partial charge is 0.378 e. The number of nitrogens with zero attached hydrogens (tertiary/aromatic N) is 2. The number of amides is 1. The summed E-state index contributed by atoms with van der Waals surface area (Å²) >= 11 is 0. The van der Waals surface area contributed by atoms with Crippen molar-refractivity contribution >= 4 is 5.91 Å². The van der Waals surface area contributed by atoms with Crippen LogP contribution in [0.4, 0.5) is 0 Å². The van der Waals surface area contributed by atoms with Crippen molar-refractivity contribution < 1.29 is 14.3 Å².